The van der Waals surface area contributed by atoms with Crippen molar-refractivity contribution in [1.29, 1.82) is 5.26 Å². The van der Waals surface area contributed by atoms with Crippen molar-refractivity contribution in [2.45, 2.75) is 0 Å². The van der Waals surface area contributed by atoms with Gasteiger partial charge in [-0.3, -0.25) is 10.1 Å². The monoisotopic (exact) mass is 351 g/mol. The molecular weight excluding hydrogens is 348 g/mol. The van der Waals surface area contributed by atoms with E-state index in [-0.39, 0.29) is 38.0 Å². The van der Waals surface area contributed by atoms with Crippen molar-refractivity contribution in [3.05, 3.63) is 56.2 Å². The first kappa shape index (κ1) is 15.1. The largest absolute Gasteiger partial charge is 0.272 e. The van der Waals surface area contributed by atoms with Crippen molar-refractivity contribution in [3.63, 3.8) is 0 Å². The molecule has 0 saturated carbocycles. The second-order valence-corrected chi connectivity index (χ2v) is 5.19. The Bertz CT molecular complexity index is 973. The zero-order valence-electron chi connectivity index (χ0n) is 11.0. The number of rotatable bonds is 2. The minimum absolute atomic E-state index is 0.0317. The maximum absolute atomic E-state index is 13.8. The van der Waals surface area contributed by atoms with Crippen LogP contribution in [0.4, 0.5) is 10.1 Å². The van der Waals surface area contributed by atoms with E-state index >= 15 is 0 Å². The van der Waals surface area contributed by atoms with E-state index < -0.39 is 10.7 Å². The summed E-state index contributed by atoms with van der Waals surface area (Å²) in [6, 6.07) is 3.95. The van der Waals surface area contributed by atoms with Crippen LogP contribution in [-0.2, 0) is 0 Å². The molecule has 0 aliphatic heterocycles. The zero-order valence-corrected chi connectivity index (χ0v) is 12.5. The normalized spacial score (nSPS) is 10.7. The van der Waals surface area contributed by atoms with Crippen molar-refractivity contribution >= 4 is 39.8 Å². The van der Waals surface area contributed by atoms with Gasteiger partial charge in [-0.25, -0.2) is 14.1 Å². The minimum atomic E-state index is -0.695. The van der Waals surface area contributed by atoms with E-state index in [1.807, 2.05) is 6.07 Å². The van der Waals surface area contributed by atoms with Crippen LogP contribution in [0.3, 0.4) is 0 Å². The van der Waals surface area contributed by atoms with Gasteiger partial charge >= 0.3 is 0 Å². The van der Waals surface area contributed by atoms with Gasteiger partial charge in [-0.05, 0) is 0 Å². The minimum Gasteiger partial charge on any atom is -0.258 e. The summed E-state index contributed by atoms with van der Waals surface area (Å²) in [7, 11) is 0. The van der Waals surface area contributed by atoms with Crippen LogP contribution in [0.1, 0.15) is 5.56 Å². The van der Waals surface area contributed by atoms with Gasteiger partial charge in [0.05, 0.1) is 27.1 Å². The number of hydrogen-bond donors (Lipinski definition) is 0. The summed E-state index contributed by atoms with van der Waals surface area (Å²) in [5.74, 6) is -0.695. The summed E-state index contributed by atoms with van der Waals surface area (Å²) >= 11 is 11.9. The van der Waals surface area contributed by atoms with E-state index in [2.05, 4.69) is 10.1 Å². The number of pyridine rings is 1. The second kappa shape index (κ2) is 5.46. The van der Waals surface area contributed by atoms with Gasteiger partial charge in [-0.2, -0.15) is 10.4 Å². The lowest BCUT2D eigenvalue weighted by molar-refractivity contribution is -0.384. The van der Waals surface area contributed by atoms with Gasteiger partial charge < -0.3 is 0 Å². The summed E-state index contributed by atoms with van der Waals surface area (Å²) < 4.78 is 14.9. The maximum atomic E-state index is 13.8. The molecule has 0 N–H and O–H groups in total. The van der Waals surface area contributed by atoms with Crippen molar-refractivity contribution in [1.82, 2.24) is 14.8 Å². The molecule has 3 aromatic rings. The van der Waals surface area contributed by atoms with Crippen LogP contribution in [-0.4, -0.2) is 19.7 Å². The average Bonchev–Trinajstić information content (AvgIpc) is 2.96. The highest BCUT2D eigenvalue weighted by Gasteiger charge is 2.19. The predicted molar refractivity (Wildman–Crippen MR) is 80.2 cm³/mol. The molecule has 0 spiro atoms. The number of non-ortho nitro benzene ring substituents is 1. The Balaban J connectivity index is 2.31. The van der Waals surface area contributed by atoms with Gasteiger partial charge in [0.2, 0.25) is 0 Å². The molecule has 23 heavy (non-hydrogen) atoms. The zero-order chi connectivity index (χ0) is 16.7. The number of nitro benzene ring substituents is 1. The third kappa shape index (κ3) is 2.46. The number of nitriles is 1. The van der Waals surface area contributed by atoms with Crippen molar-refractivity contribution in [2.24, 2.45) is 0 Å². The molecule has 0 radical (unpaired) electrons. The fraction of sp³-hybridized carbons (Fsp3) is 0. The Morgan fingerprint density at radius 1 is 1.39 bits per heavy atom. The van der Waals surface area contributed by atoms with Gasteiger partial charge in [-0.15, -0.1) is 0 Å². The Labute approximate surface area is 137 Å². The highest BCUT2D eigenvalue weighted by molar-refractivity contribution is 6.34. The van der Waals surface area contributed by atoms with Gasteiger partial charge in [0.15, 0.2) is 5.82 Å². The highest BCUT2D eigenvalue weighted by atomic mass is 35.5. The Morgan fingerprint density at radius 2 is 2.13 bits per heavy atom. The molecule has 0 fully saturated rings. The van der Waals surface area contributed by atoms with Gasteiger partial charge in [-0.1, -0.05) is 23.2 Å². The molecular formula is C13H4Cl2FN5O2. The molecule has 1 aromatic carbocycles. The molecule has 3 rings (SSSR count). The molecule has 0 unspecified atom stereocenters. The fourth-order valence-corrected chi connectivity index (χ4v) is 2.56. The summed E-state index contributed by atoms with van der Waals surface area (Å²) in [5.41, 5.74) is -0.380. The molecule has 114 valence electrons. The Kier molecular flexibility index (Phi) is 3.60. The van der Waals surface area contributed by atoms with E-state index in [9.17, 15) is 19.8 Å². The van der Waals surface area contributed by atoms with E-state index in [0.29, 0.717) is 0 Å². The van der Waals surface area contributed by atoms with Crippen LogP contribution in [0.25, 0.3) is 16.6 Å². The number of hydrogen-bond acceptors (Lipinski definition) is 5. The van der Waals surface area contributed by atoms with Crippen molar-refractivity contribution in [2.75, 3.05) is 0 Å². The number of nitrogens with zero attached hydrogens (tertiary/aromatic N) is 5. The quantitative estimate of drug-likeness (QED) is 0.398. The number of halogens is 3. The molecule has 0 atom stereocenters. The molecule has 0 aliphatic carbocycles. The third-order valence-electron chi connectivity index (χ3n) is 3.06. The molecule has 0 saturated heterocycles. The summed E-state index contributed by atoms with van der Waals surface area (Å²) in [6.45, 7) is 0. The van der Waals surface area contributed by atoms with E-state index in [1.165, 1.54) is 6.20 Å². The third-order valence-corrected chi connectivity index (χ3v) is 3.65. The lowest BCUT2D eigenvalue weighted by atomic mass is 10.1. The lowest BCUT2D eigenvalue weighted by Crippen LogP contribution is -2.01. The smallest absolute Gasteiger partial charge is 0.258 e. The van der Waals surface area contributed by atoms with E-state index in [4.69, 9.17) is 23.2 Å². The Hall–Kier alpha value is -2.76. The summed E-state index contributed by atoms with van der Waals surface area (Å²) in [4.78, 5) is 13.8. The number of aromatic nitrogens is 3. The molecule has 0 amide bonds. The van der Waals surface area contributed by atoms with Crippen LogP contribution in [0.2, 0.25) is 10.2 Å². The molecule has 7 nitrogen and oxygen atoms in total. The first-order valence-electron chi connectivity index (χ1n) is 6.00. The maximum Gasteiger partial charge on any atom is 0.272 e. The van der Waals surface area contributed by atoms with E-state index in [0.717, 1.165) is 23.0 Å². The standard InChI is InChI=1S/C13H4Cl2FN5O2/c14-9-2-7(21(22)23)1-6(3-17)12(9)20-5-8-11(19-20)10(16)4-18-13(8)15/h1-2,4-5H. The topological polar surface area (TPSA) is 97.6 Å². The van der Waals surface area contributed by atoms with Crippen LogP contribution < -0.4 is 0 Å². The number of benzene rings is 1. The first-order chi connectivity index (χ1) is 10.9. The average molecular weight is 352 g/mol. The molecule has 0 bridgehead atoms. The van der Waals surface area contributed by atoms with Gasteiger partial charge in [0.1, 0.15) is 22.4 Å². The summed E-state index contributed by atoms with van der Waals surface area (Å²) in [6.07, 6.45) is 2.27. The molecule has 10 heteroatoms. The SMILES string of the molecule is N#Cc1cc([N+](=O)[O-])cc(Cl)c1-n1cc2c(Cl)ncc(F)c2n1. The van der Waals surface area contributed by atoms with Gasteiger partial charge in [0, 0.05) is 18.3 Å². The summed E-state index contributed by atoms with van der Waals surface area (Å²) in [5, 5.41) is 24.2. The van der Waals surface area contributed by atoms with Crippen LogP contribution in [0, 0.1) is 27.3 Å². The van der Waals surface area contributed by atoms with Crippen LogP contribution in [0.15, 0.2) is 24.5 Å². The van der Waals surface area contributed by atoms with Crippen LogP contribution in [0.5, 0.6) is 0 Å². The highest BCUT2D eigenvalue weighted by Crippen LogP contribution is 2.31. The van der Waals surface area contributed by atoms with E-state index in [1.54, 1.807) is 0 Å². The first-order valence-corrected chi connectivity index (χ1v) is 6.75. The Morgan fingerprint density at radius 3 is 2.74 bits per heavy atom. The van der Waals surface area contributed by atoms with Crippen molar-refractivity contribution in [3.8, 4) is 11.8 Å². The lowest BCUT2D eigenvalue weighted by Gasteiger charge is -2.06. The number of fused-ring (bicyclic) bond motifs is 1. The second-order valence-electron chi connectivity index (χ2n) is 4.43. The molecule has 2 aromatic heterocycles. The molecule has 0 aliphatic rings. The van der Waals surface area contributed by atoms with Crippen molar-refractivity contribution < 1.29 is 9.31 Å². The predicted octanol–water partition coefficient (Wildman–Crippen LogP) is 3.65. The van der Waals surface area contributed by atoms with Crippen LogP contribution >= 0.6 is 23.2 Å². The van der Waals surface area contributed by atoms with Gasteiger partial charge in [0.25, 0.3) is 5.69 Å². The fourth-order valence-electron chi connectivity index (χ4n) is 2.07. The number of nitro groups is 1. The molecule has 2 heterocycles.